The maximum Gasteiger partial charge on any atom is 0.239 e. The molecule has 1 heterocycles. The van der Waals surface area contributed by atoms with E-state index < -0.39 is 6.04 Å². The van der Waals surface area contributed by atoms with Crippen molar-refractivity contribution in [2.45, 2.75) is 38.4 Å². The van der Waals surface area contributed by atoms with E-state index >= 15 is 0 Å². The number of carbonyl (C=O) groups excluding carboxylic acids is 1. The van der Waals surface area contributed by atoms with Crippen molar-refractivity contribution in [1.82, 2.24) is 9.80 Å². The molecule has 1 fully saturated rings. The molecule has 2 rings (SSSR count). The monoisotopic (exact) mass is 275 g/mol. The summed E-state index contributed by atoms with van der Waals surface area (Å²) in [5.74, 6) is 0.0720. The second-order valence-electron chi connectivity index (χ2n) is 5.77. The lowest BCUT2D eigenvalue weighted by Gasteiger charge is -2.38. The van der Waals surface area contributed by atoms with E-state index in [2.05, 4.69) is 36.2 Å². The lowest BCUT2D eigenvalue weighted by molar-refractivity contribution is -0.134. The van der Waals surface area contributed by atoms with Crippen molar-refractivity contribution in [2.24, 2.45) is 5.73 Å². The number of piperidine rings is 1. The molecule has 0 aliphatic carbocycles. The van der Waals surface area contributed by atoms with Gasteiger partial charge in [-0.3, -0.25) is 9.69 Å². The molecule has 1 aromatic carbocycles. The minimum atomic E-state index is -0.395. The van der Waals surface area contributed by atoms with E-state index in [4.69, 9.17) is 5.73 Å². The fourth-order valence-corrected chi connectivity index (χ4v) is 2.80. The van der Waals surface area contributed by atoms with Crippen molar-refractivity contribution >= 4 is 5.91 Å². The molecule has 0 bridgehead atoms. The third-order valence-corrected chi connectivity index (χ3v) is 4.00. The van der Waals surface area contributed by atoms with Crippen LogP contribution in [0.1, 0.15) is 25.3 Å². The number of amides is 1. The molecular weight excluding hydrogens is 250 g/mol. The van der Waals surface area contributed by atoms with Gasteiger partial charge in [-0.15, -0.1) is 0 Å². The number of rotatable bonds is 4. The van der Waals surface area contributed by atoms with Gasteiger partial charge in [0.25, 0.3) is 0 Å². The van der Waals surface area contributed by atoms with Gasteiger partial charge in [-0.05, 0) is 32.4 Å². The van der Waals surface area contributed by atoms with E-state index in [1.54, 1.807) is 6.92 Å². The van der Waals surface area contributed by atoms with E-state index in [-0.39, 0.29) is 5.91 Å². The van der Waals surface area contributed by atoms with E-state index in [1.165, 1.54) is 5.56 Å². The van der Waals surface area contributed by atoms with Crippen LogP contribution in [0.2, 0.25) is 0 Å². The minimum absolute atomic E-state index is 0.0720. The highest BCUT2D eigenvalue weighted by molar-refractivity contribution is 5.81. The summed E-state index contributed by atoms with van der Waals surface area (Å²) in [5.41, 5.74) is 7.02. The Labute approximate surface area is 121 Å². The summed E-state index contributed by atoms with van der Waals surface area (Å²) in [4.78, 5) is 16.3. The molecule has 1 aliphatic heterocycles. The Balaban J connectivity index is 1.93. The summed E-state index contributed by atoms with van der Waals surface area (Å²) in [6.07, 6.45) is 2.20. The molecule has 4 nitrogen and oxygen atoms in total. The molecule has 0 saturated carbocycles. The van der Waals surface area contributed by atoms with E-state index in [1.807, 2.05) is 11.0 Å². The van der Waals surface area contributed by atoms with Crippen LogP contribution in [0, 0.1) is 0 Å². The quantitative estimate of drug-likeness (QED) is 0.905. The number of nitrogens with two attached hydrogens (primary N) is 1. The molecule has 0 aromatic heterocycles. The van der Waals surface area contributed by atoms with Crippen LogP contribution in [0.25, 0.3) is 0 Å². The molecule has 20 heavy (non-hydrogen) atoms. The first-order valence-corrected chi connectivity index (χ1v) is 7.36. The second kappa shape index (κ2) is 6.86. The van der Waals surface area contributed by atoms with Crippen LogP contribution in [0.15, 0.2) is 30.3 Å². The standard InChI is InChI=1S/C16H25N3O/c1-13(17)16(20)19-10-6-9-15(12-19)18(2)11-14-7-4-3-5-8-14/h3-5,7-8,13,15H,6,9-12,17H2,1-2H3. The molecule has 0 radical (unpaired) electrons. The average Bonchev–Trinajstić information content (AvgIpc) is 2.47. The normalized spacial score (nSPS) is 21.0. The Morgan fingerprint density at radius 1 is 1.45 bits per heavy atom. The summed E-state index contributed by atoms with van der Waals surface area (Å²) in [7, 11) is 2.14. The van der Waals surface area contributed by atoms with Crippen LogP contribution in [0.5, 0.6) is 0 Å². The van der Waals surface area contributed by atoms with Gasteiger partial charge >= 0.3 is 0 Å². The molecular formula is C16H25N3O. The van der Waals surface area contributed by atoms with Gasteiger partial charge in [-0.1, -0.05) is 30.3 Å². The zero-order valence-corrected chi connectivity index (χ0v) is 12.5. The molecule has 4 heteroatoms. The van der Waals surface area contributed by atoms with Gasteiger partial charge in [0.15, 0.2) is 0 Å². The van der Waals surface area contributed by atoms with E-state index in [9.17, 15) is 4.79 Å². The third kappa shape index (κ3) is 3.81. The Kier molecular flexibility index (Phi) is 5.15. The Bertz CT molecular complexity index is 433. The van der Waals surface area contributed by atoms with Gasteiger partial charge < -0.3 is 10.6 Å². The molecule has 1 amide bonds. The Morgan fingerprint density at radius 2 is 2.15 bits per heavy atom. The van der Waals surface area contributed by atoms with Crippen LogP contribution in [0.3, 0.4) is 0 Å². The molecule has 1 saturated heterocycles. The van der Waals surface area contributed by atoms with Gasteiger partial charge in [-0.25, -0.2) is 0 Å². The average molecular weight is 275 g/mol. The molecule has 2 atom stereocenters. The molecule has 0 spiro atoms. The van der Waals surface area contributed by atoms with E-state index in [0.717, 1.165) is 32.5 Å². The van der Waals surface area contributed by atoms with Crippen LogP contribution in [0.4, 0.5) is 0 Å². The summed E-state index contributed by atoms with van der Waals surface area (Å²) in [6.45, 7) is 4.32. The number of hydrogen-bond acceptors (Lipinski definition) is 3. The summed E-state index contributed by atoms with van der Waals surface area (Å²) in [5, 5.41) is 0. The highest BCUT2D eigenvalue weighted by atomic mass is 16.2. The largest absolute Gasteiger partial charge is 0.340 e. The van der Waals surface area contributed by atoms with Crippen LogP contribution < -0.4 is 5.73 Å². The maximum atomic E-state index is 12.0. The Hall–Kier alpha value is -1.39. The highest BCUT2D eigenvalue weighted by Crippen LogP contribution is 2.17. The predicted octanol–water partition coefficient (Wildman–Crippen LogP) is 1.46. The smallest absolute Gasteiger partial charge is 0.239 e. The molecule has 1 aliphatic rings. The fraction of sp³-hybridized carbons (Fsp3) is 0.562. The number of benzene rings is 1. The maximum absolute atomic E-state index is 12.0. The molecule has 110 valence electrons. The first-order chi connectivity index (χ1) is 9.58. The number of likely N-dealkylation sites (tertiary alicyclic amines) is 1. The van der Waals surface area contributed by atoms with Crippen LogP contribution in [-0.2, 0) is 11.3 Å². The minimum Gasteiger partial charge on any atom is -0.340 e. The number of carbonyl (C=O) groups is 1. The van der Waals surface area contributed by atoms with Crippen molar-refractivity contribution in [2.75, 3.05) is 20.1 Å². The summed E-state index contributed by atoms with van der Waals surface area (Å²) in [6, 6.07) is 10.5. The van der Waals surface area contributed by atoms with Gasteiger partial charge in [0.05, 0.1) is 6.04 Å². The van der Waals surface area contributed by atoms with Gasteiger partial charge in [0.2, 0.25) is 5.91 Å². The second-order valence-corrected chi connectivity index (χ2v) is 5.77. The van der Waals surface area contributed by atoms with Gasteiger partial charge in [0, 0.05) is 25.7 Å². The fourth-order valence-electron chi connectivity index (χ4n) is 2.80. The lowest BCUT2D eigenvalue weighted by atomic mass is 10.0. The lowest BCUT2D eigenvalue weighted by Crippen LogP contribution is -2.52. The number of likely N-dealkylation sites (N-methyl/N-ethyl adjacent to an activating group) is 1. The first-order valence-electron chi connectivity index (χ1n) is 7.36. The van der Waals surface area contributed by atoms with Crippen molar-refractivity contribution in [3.8, 4) is 0 Å². The predicted molar refractivity (Wildman–Crippen MR) is 81.2 cm³/mol. The summed E-state index contributed by atoms with van der Waals surface area (Å²) >= 11 is 0. The van der Waals surface area contributed by atoms with Crippen molar-refractivity contribution in [3.05, 3.63) is 35.9 Å². The topological polar surface area (TPSA) is 49.6 Å². The van der Waals surface area contributed by atoms with Crippen LogP contribution in [-0.4, -0.2) is 47.9 Å². The van der Waals surface area contributed by atoms with Gasteiger partial charge in [0.1, 0.15) is 0 Å². The van der Waals surface area contributed by atoms with Crippen molar-refractivity contribution in [3.63, 3.8) is 0 Å². The summed E-state index contributed by atoms with van der Waals surface area (Å²) < 4.78 is 0. The zero-order valence-electron chi connectivity index (χ0n) is 12.5. The zero-order chi connectivity index (χ0) is 14.5. The number of hydrogen-bond donors (Lipinski definition) is 1. The molecule has 2 N–H and O–H groups in total. The Morgan fingerprint density at radius 3 is 2.80 bits per heavy atom. The van der Waals surface area contributed by atoms with Crippen LogP contribution >= 0.6 is 0 Å². The first kappa shape index (κ1) is 15.0. The number of nitrogens with zero attached hydrogens (tertiary/aromatic N) is 2. The van der Waals surface area contributed by atoms with Gasteiger partial charge in [-0.2, -0.15) is 0 Å². The van der Waals surface area contributed by atoms with E-state index in [0.29, 0.717) is 6.04 Å². The SMILES string of the molecule is CC(N)C(=O)N1CCCC(N(C)Cc2ccccc2)C1. The molecule has 2 unspecified atom stereocenters. The van der Waals surface area contributed by atoms with Crippen molar-refractivity contribution < 1.29 is 4.79 Å². The van der Waals surface area contributed by atoms with Crippen molar-refractivity contribution in [1.29, 1.82) is 0 Å². The molecule has 1 aromatic rings. The highest BCUT2D eigenvalue weighted by Gasteiger charge is 2.27. The third-order valence-electron chi connectivity index (χ3n) is 4.00.